The third kappa shape index (κ3) is 3.76. The van der Waals surface area contributed by atoms with E-state index in [4.69, 9.17) is 5.11 Å². The minimum atomic E-state index is -0.979. The quantitative estimate of drug-likeness (QED) is 0.896. The molecule has 0 aliphatic heterocycles. The molecule has 4 nitrogen and oxygen atoms in total. The molecule has 108 valence electrons. The first kappa shape index (κ1) is 14.9. The van der Waals surface area contributed by atoms with Crippen LogP contribution >= 0.6 is 11.8 Å². The zero-order chi connectivity index (χ0) is 14.5. The Balaban J connectivity index is 1.90. The minimum Gasteiger partial charge on any atom is -0.478 e. The summed E-state index contributed by atoms with van der Waals surface area (Å²) in [7, 11) is 0. The van der Waals surface area contributed by atoms with Crippen molar-refractivity contribution in [1.29, 1.82) is 0 Å². The van der Waals surface area contributed by atoms with Gasteiger partial charge in [0.1, 0.15) is 0 Å². The molecule has 2 N–H and O–H groups in total. The second kappa shape index (κ2) is 6.79. The lowest BCUT2D eigenvalue weighted by Gasteiger charge is -2.28. The number of thioether (sulfide) groups is 1. The van der Waals surface area contributed by atoms with Crippen LogP contribution in [0, 0.1) is 0 Å². The van der Waals surface area contributed by atoms with Gasteiger partial charge in [-0.1, -0.05) is 0 Å². The fourth-order valence-corrected chi connectivity index (χ4v) is 3.22. The molecule has 1 fully saturated rings. The van der Waals surface area contributed by atoms with Gasteiger partial charge in [-0.25, -0.2) is 4.79 Å². The van der Waals surface area contributed by atoms with Crippen molar-refractivity contribution in [2.24, 2.45) is 0 Å². The average molecular weight is 293 g/mol. The summed E-state index contributed by atoms with van der Waals surface area (Å²) in [5, 5.41) is 12.6. The molecule has 2 rings (SSSR count). The summed E-state index contributed by atoms with van der Waals surface area (Å²) in [5.41, 5.74) is 0.712. The fraction of sp³-hybridized carbons (Fsp3) is 0.467. The second-order valence-electron chi connectivity index (χ2n) is 5.07. The molecule has 0 aromatic heterocycles. The Bertz CT molecular complexity index is 478. The van der Waals surface area contributed by atoms with Gasteiger partial charge in [0, 0.05) is 16.9 Å². The smallest absolute Gasteiger partial charge is 0.335 e. The zero-order valence-electron chi connectivity index (χ0n) is 11.5. The van der Waals surface area contributed by atoms with Crippen molar-refractivity contribution in [3.63, 3.8) is 0 Å². The largest absolute Gasteiger partial charge is 0.478 e. The molecule has 0 radical (unpaired) electrons. The third-order valence-corrected chi connectivity index (χ3v) is 4.87. The van der Waals surface area contributed by atoms with Gasteiger partial charge in [0.2, 0.25) is 0 Å². The van der Waals surface area contributed by atoms with Crippen LogP contribution in [-0.2, 0) is 0 Å². The summed E-state index contributed by atoms with van der Waals surface area (Å²) in [6, 6.07) is 6.28. The van der Waals surface area contributed by atoms with Crippen LogP contribution in [0.15, 0.2) is 24.3 Å². The first-order valence-electron chi connectivity index (χ1n) is 6.77. The highest BCUT2D eigenvalue weighted by Gasteiger charge is 2.22. The van der Waals surface area contributed by atoms with Crippen LogP contribution in [0.5, 0.6) is 0 Å². The predicted octanol–water partition coefficient (Wildman–Crippen LogP) is 2.79. The third-order valence-electron chi connectivity index (χ3n) is 3.74. The molecule has 0 unspecified atom stereocenters. The van der Waals surface area contributed by atoms with Crippen molar-refractivity contribution in [2.45, 2.75) is 37.0 Å². The number of carboxylic acid groups (broad SMARTS) is 1. The van der Waals surface area contributed by atoms with Crippen LogP contribution in [0.4, 0.5) is 0 Å². The Hall–Kier alpha value is -1.49. The predicted molar refractivity (Wildman–Crippen MR) is 80.4 cm³/mol. The van der Waals surface area contributed by atoms with Gasteiger partial charge >= 0.3 is 5.97 Å². The Morgan fingerprint density at radius 3 is 2.15 bits per heavy atom. The summed E-state index contributed by atoms with van der Waals surface area (Å²) in [5.74, 6) is -1.10. The van der Waals surface area contributed by atoms with Gasteiger partial charge in [0.05, 0.1) is 5.56 Å². The van der Waals surface area contributed by atoms with Gasteiger partial charge in [-0.2, -0.15) is 11.8 Å². The highest BCUT2D eigenvalue weighted by atomic mass is 32.2. The first-order chi connectivity index (χ1) is 9.60. The van der Waals surface area contributed by atoms with Crippen molar-refractivity contribution in [2.75, 3.05) is 6.26 Å². The van der Waals surface area contributed by atoms with E-state index in [0.717, 1.165) is 30.9 Å². The molecule has 0 spiro atoms. The highest BCUT2D eigenvalue weighted by Crippen LogP contribution is 2.26. The maximum atomic E-state index is 12.1. The van der Waals surface area contributed by atoms with E-state index >= 15 is 0 Å². The second-order valence-corrected chi connectivity index (χ2v) is 6.20. The molecule has 1 aliphatic rings. The Labute approximate surface area is 123 Å². The number of benzene rings is 1. The van der Waals surface area contributed by atoms with E-state index in [1.807, 2.05) is 11.8 Å². The minimum absolute atomic E-state index is 0.116. The molecule has 1 aliphatic carbocycles. The van der Waals surface area contributed by atoms with Crippen LogP contribution in [0.2, 0.25) is 0 Å². The molecule has 0 bridgehead atoms. The highest BCUT2D eigenvalue weighted by molar-refractivity contribution is 7.99. The summed E-state index contributed by atoms with van der Waals surface area (Å²) < 4.78 is 0. The van der Waals surface area contributed by atoms with E-state index in [0.29, 0.717) is 5.56 Å². The topological polar surface area (TPSA) is 66.4 Å². The molecule has 20 heavy (non-hydrogen) atoms. The molecule has 0 saturated heterocycles. The van der Waals surface area contributed by atoms with E-state index in [9.17, 15) is 9.59 Å². The SMILES string of the molecule is CSC1CCC(NC(=O)c2ccc(C(=O)O)cc2)CC1. The number of amides is 1. The average Bonchev–Trinajstić information content (AvgIpc) is 2.48. The van der Waals surface area contributed by atoms with Gasteiger partial charge < -0.3 is 10.4 Å². The van der Waals surface area contributed by atoms with Gasteiger partial charge in [0.25, 0.3) is 5.91 Å². The summed E-state index contributed by atoms with van der Waals surface area (Å²) in [6.07, 6.45) is 6.45. The van der Waals surface area contributed by atoms with Crippen molar-refractivity contribution < 1.29 is 14.7 Å². The monoisotopic (exact) mass is 293 g/mol. The lowest BCUT2D eigenvalue weighted by atomic mass is 9.94. The lowest BCUT2D eigenvalue weighted by molar-refractivity contribution is 0.0696. The zero-order valence-corrected chi connectivity index (χ0v) is 12.3. The van der Waals surface area contributed by atoms with E-state index < -0.39 is 5.97 Å². The van der Waals surface area contributed by atoms with Crippen LogP contribution in [0.25, 0.3) is 0 Å². The standard InChI is InChI=1S/C15H19NO3S/c1-20-13-8-6-12(7-9-13)16-14(17)10-2-4-11(5-3-10)15(18)19/h2-5,12-13H,6-9H2,1H3,(H,16,17)(H,18,19). The maximum absolute atomic E-state index is 12.1. The van der Waals surface area contributed by atoms with E-state index in [2.05, 4.69) is 11.6 Å². The first-order valence-corrected chi connectivity index (χ1v) is 8.06. The summed E-state index contributed by atoms with van der Waals surface area (Å²) in [4.78, 5) is 22.8. The molecule has 0 atom stereocenters. The molecular weight excluding hydrogens is 274 g/mol. The summed E-state index contributed by atoms with van der Waals surface area (Å²) in [6.45, 7) is 0. The molecule has 1 aromatic rings. The number of aromatic carboxylic acids is 1. The van der Waals surface area contributed by atoms with Crippen molar-refractivity contribution >= 4 is 23.6 Å². The van der Waals surface area contributed by atoms with Crippen LogP contribution in [0.3, 0.4) is 0 Å². The number of carboxylic acids is 1. The molecule has 5 heteroatoms. The van der Waals surface area contributed by atoms with Crippen molar-refractivity contribution in [1.82, 2.24) is 5.32 Å². The van der Waals surface area contributed by atoms with E-state index in [1.165, 1.54) is 12.1 Å². The van der Waals surface area contributed by atoms with Crippen LogP contribution < -0.4 is 5.32 Å². The van der Waals surface area contributed by atoms with Crippen LogP contribution in [-0.4, -0.2) is 34.5 Å². The maximum Gasteiger partial charge on any atom is 0.335 e. The molecule has 1 saturated carbocycles. The number of carbonyl (C=O) groups is 2. The van der Waals surface area contributed by atoms with Crippen molar-refractivity contribution in [3.05, 3.63) is 35.4 Å². The van der Waals surface area contributed by atoms with Crippen molar-refractivity contribution in [3.8, 4) is 0 Å². The van der Waals surface area contributed by atoms with Gasteiger partial charge in [0.15, 0.2) is 0 Å². The van der Waals surface area contributed by atoms with Crippen LogP contribution in [0.1, 0.15) is 46.4 Å². The van der Waals surface area contributed by atoms with Gasteiger partial charge in [-0.15, -0.1) is 0 Å². The number of rotatable bonds is 4. The molecular formula is C15H19NO3S. The normalized spacial score (nSPS) is 22.2. The van der Waals surface area contributed by atoms with E-state index in [-0.39, 0.29) is 17.5 Å². The lowest BCUT2D eigenvalue weighted by Crippen LogP contribution is -2.38. The van der Waals surface area contributed by atoms with Gasteiger partial charge in [-0.05, 0) is 56.2 Å². The number of hydrogen-bond donors (Lipinski definition) is 2. The van der Waals surface area contributed by atoms with E-state index in [1.54, 1.807) is 12.1 Å². The number of hydrogen-bond acceptors (Lipinski definition) is 3. The Kier molecular flexibility index (Phi) is 5.06. The molecule has 1 aromatic carbocycles. The Morgan fingerprint density at radius 1 is 1.10 bits per heavy atom. The molecule has 1 amide bonds. The Morgan fingerprint density at radius 2 is 1.65 bits per heavy atom. The van der Waals surface area contributed by atoms with Gasteiger partial charge in [-0.3, -0.25) is 4.79 Å². The molecule has 0 heterocycles. The summed E-state index contributed by atoms with van der Waals surface area (Å²) >= 11 is 1.90. The number of nitrogens with one attached hydrogen (secondary N) is 1. The fourth-order valence-electron chi connectivity index (χ4n) is 2.48. The number of carbonyl (C=O) groups excluding carboxylic acids is 1.